The van der Waals surface area contributed by atoms with Gasteiger partial charge in [0, 0.05) is 19.7 Å². The van der Waals surface area contributed by atoms with Gasteiger partial charge in [-0.3, -0.25) is 4.99 Å². The van der Waals surface area contributed by atoms with Crippen molar-refractivity contribution in [2.24, 2.45) is 10.9 Å². The first kappa shape index (κ1) is 16.1. The molecular weight excluding hydrogens is 259 g/mol. The van der Waals surface area contributed by atoms with Gasteiger partial charge in [-0.25, -0.2) is 0 Å². The van der Waals surface area contributed by atoms with Crippen LogP contribution in [0.4, 0.5) is 13.2 Å². The Morgan fingerprint density at radius 2 is 2.05 bits per heavy atom. The predicted molar refractivity (Wildman–Crippen MR) is 68.2 cm³/mol. The molecule has 1 saturated carbocycles. The fraction of sp³-hybridized carbons (Fsp3) is 0.917. The van der Waals surface area contributed by atoms with Crippen molar-refractivity contribution in [2.45, 2.75) is 32.4 Å². The first-order chi connectivity index (χ1) is 9.01. The lowest BCUT2D eigenvalue weighted by Crippen LogP contribution is -2.39. The molecule has 1 fully saturated rings. The van der Waals surface area contributed by atoms with E-state index in [2.05, 4.69) is 15.6 Å². The average Bonchev–Trinajstić information content (AvgIpc) is 3.11. The Labute approximate surface area is 111 Å². The van der Waals surface area contributed by atoms with E-state index in [0.717, 1.165) is 6.61 Å². The van der Waals surface area contributed by atoms with Crippen LogP contribution in [0.25, 0.3) is 0 Å². The van der Waals surface area contributed by atoms with Crippen molar-refractivity contribution in [3.05, 3.63) is 0 Å². The molecule has 1 aliphatic carbocycles. The molecule has 0 aliphatic heterocycles. The standard InChI is InChI=1S/C12H22F3N3O/c1-2-16-11(17-6-5-12(13,14)15)18-7-8-19-9-10-3-4-10/h10H,2-9H2,1H3,(H2,16,17,18). The van der Waals surface area contributed by atoms with E-state index in [0.29, 0.717) is 31.6 Å². The molecule has 7 heteroatoms. The summed E-state index contributed by atoms with van der Waals surface area (Å²) in [4.78, 5) is 3.86. The third-order valence-electron chi connectivity index (χ3n) is 2.60. The molecule has 0 unspecified atom stereocenters. The quantitative estimate of drug-likeness (QED) is 0.406. The Balaban J connectivity index is 2.12. The Kier molecular flexibility index (Phi) is 6.97. The van der Waals surface area contributed by atoms with Gasteiger partial charge in [-0.05, 0) is 25.7 Å². The molecule has 0 atom stereocenters. The predicted octanol–water partition coefficient (Wildman–Crippen LogP) is 1.92. The van der Waals surface area contributed by atoms with Gasteiger partial charge >= 0.3 is 6.18 Å². The normalized spacial score (nSPS) is 16.5. The minimum absolute atomic E-state index is 0.262. The maximum Gasteiger partial charge on any atom is 0.390 e. The van der Waals surface area contributed by atoms with E-state index in [1.807, 2.05) is 6.92 Å². The lowest BCUT2D eigenvalue weighted by molar-refractivity contribution is -0.132. The molecule has 1 aliphatic rings. The van der Waals surface area contributed by atoms with Crippen LogP contribution >= 0.6 is 0 Å². The minimum Gasteiger partial charge on any atom is -0.379 e. The molecule has 0 aromatic carbocycles. The zero-order valence-corrected chi connectivity index (χ0v) is 11.2. The fourth-order valence-corrected chi connectivity index (χ4v) is 1.41. The highest BCUT2D eigenvalue weighted by Gasteiger charge is 2.26. The topological polar surface area (TPSA) is 45.7 Å². The number of nitrogens with one attached hydrogen (secondary N) is 2. The molecule has 0 amide bonds. The molecule has 0 heterocycles. The highest BCUT2D eigenvalue weighted by Crippen LogP contribution is 2.28. The Morgan fingerprint density at radius 1 is 1.32 bits per heavy atom. The Hall–Kier alpha value is -0.980. The lowest BCUT2D eigenvalue weighted by Gasteiger charge is -2.11. The van der Waals surface area contributed by atoms with Crippen molar-refractivity contribution in [3.63, 3.8) is 0 Å². The van der Waals surface area contributed by atoms with Gasteiger partial charge in [-0.15, -0.1) is 0 Å². The highest BCUT2D eigenvalue weighted by molar-refractivity contribution is 5.79. The van der Waals surface area contributed by atoms with Crippen molar-refractivity contribution < 1.29 is 17.9 Å². The van der Waals surface area contributed by atoms with Gasteiger partial charge in [0.2, 0.25) is 0 Å². The largest absolute Gasteiger partial charge is 0.390 e. The van der Waals surface area contributed by atoms with Gasteiger partial charge in [0.15, 0.2) is 5.96 Å². The zero-order valence-electron chi connectivity index (χ0n) is 11.2. The van der Waals surface area contributed by atoms with Crippen LogP contribution in [0.15, 0.2) is 4.99 Å². The fourth-order valence-electron chi connectivity index (χ4n) is 1.41. The smallest absolute Gasteiger partial charge is 0.379 e. The molecule has 1 rings (SSSR count). The maximum atomic E-state index is 12.0. The minimum atomic E-state index is -4.16. The van der Waals surface area contributed by atoms with Crippen LogP contribution in [0.5, 0.6) is 0 Å². The van der Waals surface area contributed by atoms with Gasteiger partial charge in [0.1, 0.15) is 0 Å². The summed E-state index contributed by atoms with van der Waals surface area (Å²) in [6.07, 6.45) is -2.57. The van der Waals surface area contributed by atoms with E-state index in [1.165, 1.54) is 12.8 Å². The number of ether oxygens (including phenoxy) is 1. The highest BCUT2D eigenvalue weighted by atomic mass is 19.4. The third-order valence-corrected chi connectivity index (χ3v) is 2.60. The monoisotopic (exact) mass is 281 g/mol. The van der Waals surface area contributed by atoms with Crippen molar-refractivity contribution in [1.29, 1.82) is 0 Å². The van der Waals surface area contributed by atoms with Crippen LogP contribution in [-0.4, -0.2) is 45.0 Å². The number of hydrogen-bond acceptors (Lipinski definition) is 2. The molecule has 112 valence electrons. The number of nitrogens with zero attached hydrogens (tertiary/aromatic N) is 1. The summed E-state index contributed by atoms with van der Waals surface area (Å²) >= 11 is 0. The van der Waals surface area contributed by atoms with Crippen LogP contribution in [0.1, 0.15) is 26.2 Å². The summed E-state index contributed by atoms with van der Waals surface area (Å²) in [7, 11) is 0. The molecule has 4 nitrogen and oxygen atoms in total. The number of halogens is 3. The second-order valence-corrected chi connectivity index (χ2v) is 4.57. The molecule has 0 bridgehead atoms. The summed E-state index contributed by atoms with van der Waals surface area (Å²) in [5, 5.41) is 5.84. The van der Waals surface area contributed by atoms with Gasteiger partial charge in [-0.2, -0.15) is 13.2 Å². The van der Waals surface area contributed by atoms with Crippen molar-refractivity contribution in [2.75, 3.05) is 32.8 Å². The summed E-state index contributed by atoms with van der Waals surface area (Å²) in [5.41, 5.74) is 0. The molecule has 2 N–H and O–H groups in total. The lowest BCUT2D eigenvalue weighted by atomic mass is 10.4. The van der Waals surface area contributed by atoms with Gasteiger partial charge in [0.25, 0.3) is 0 Å². The number of hydrogen-bond donors (Lipinski definition) is 2. The molecule has 19 heavy (non-hydrogen) atoms. The molecular formula is C12H22F3N3O. The van der Waals surface area contributed by atoms with E-state index < -0.39 is 12.6 Å². The van der Waals surface area contributed by atoms with E-state index >= 15 is 0 Å². The third kappa shape index (κ3) is 9.58. The Morgan fingerprint density at radius 3 is 2.63 bits per heavy atom. The summed E-state index contributed by atoms with van der Waals surface area (Å²) < 4.78 is 41.4. The van der Waals surface area contributed by atoms with Crippen LogP contribution < -0.4 is 10.6 Å². The first-order valence-electron chi connectivity index (χ1n) is 6.68. The maximum absolute atomic E-state index is 12.0. The van der Waals surface area contributed by atoms with Crippen LogP contribution in [0.2, 0.25) is 0 Å². The second kappa shape index (κ2) is 8.24. The second-order valence-electron chi connectivity index (χ2n) is 4.57. The Bertz CT molecular complexity index is 278. The number of alkyl halides is 3. The first-order valence-corrected chi connectivity index (χ1v) is 6.68. The van der Waals surface area contributed by atoms with E-state index in [4.69, 9.17) is 4.74 Å². The molecule has 0 saturated heterocycles. The zero-order chi connectivity index (χ0) is 14.1. The number of aliphatic imine (C=N–C) groups is 1. The number of rotatable bonds is 8. The van der Waals surface area contributed by atoms with Crippen LogP contribution in [-0.2, 0) is 4.74 Å². The van der Waals surface area contributed by atoms with Crippen LogP contribution in [0.3, 0.4) is 0 Å². The van der Waals surface area contributed by atoms with Gasteiger partial charge in [-0.1, -0.05) is 0 Å². The van der Waals surface area contributed by atoms with Gasteiger partial charge < -0.3 is 15.4 Å². The van der Waals surface area contributed by atoms with E-state index in [9.17, 15) is 13.2 Å². The average molecular weight is 281 g/mol. The summed E-state index contributed by atoms with van der Waals surface area (Å²) in [6.45, 7) is 4.08. The van der Waals surface area contributed by atoms with Crippen molar-refractivity contribution in [3.8, 4) is 0 Å². The van der Waals surface area contributed by atoms with Gasteiger partial charge in [0.05, 0.1) is 19.6 Å². The van der Waals surface area contributed by atoms with Crippen molar-refractivity contribution in [1.82, 2.24) is 10.6 Å². The van der Waals surface area contributed by atoms with E-state index in [-0.39, 0.29) is 6.54 Å². The molecule has 0 spiro atoms. The van der Waals surface area contributed by atoms with Crippen LogP contribution in [0, 0.1) is 5.92 Å². The molecule has 0 radical (unpaired) electrons. The molecule has 0 aromatic heterocycles. The molecule has 0 aromatic rings. The van der Waals surface area contributed by atoms with Crippen molar-refractivity contribution >= 4 is 5.96 Å². The number of guanidine groups is 1. The summed E-state index contributed by atoms with van der Waals surface area (Å²) in [6, 6.07) is 0. The SMILES string of the molecule is CCNC(=NCCC(F)(F)F)NCCOCC1CC1. The summed E-state index contributed by atoms with van der Waals surface area (Å²) in [5.74, 6) is 1.12. The van der Waals surface area contributed by atoms with E-state index in [1.54, 1.807) is 0 Å².